The van der Waals surface area contributed by atoms with Crippen molar-refractivity contribution in [3.63, 3.8) is 0 Å². The molecule has 2 aromatic rings. The van der Waals surface area contributed by atoms with E-state index in [0.717, 1.165) is 17.0 Å². The summed E-state index contributed by atoms with van der Waals surface area (Å²) in [6, 6.07) is 3.75. The number of hydrogen-bond acceptors (Lipinski definition) is 3. The maximum Gasteiger partial charge on any atom is 0.0997 e. The van der Waals surface area contributed by atoms with E-state index in [4.69, 9.17) is 4.42 Å². The normalized spacial score (nSPS) is 13.0. The van der Waals surface area contributed by atoms with Gasteiger partial charge < -0.3 is 9.52 Å². The molecule has 15 heavy (non-hydrogen) atoms. The average Bonchev–Trinajstić information content (AvgIpc) is 2.75. The Labute approximate surface area is 88.1 Å². The number of aliphatic hydroxyl groups is 1. The van der Waals surface area contributed by atoms with Gasteiger partial charge in [0.1, 0.15) is 0 Å². The minimum Gasteiger partial charge on any atom is -0.472 e. The number of aromatic nitrogens is 2. The van der Waals surface area contributed by atoms with Crippen LogP contribution in [0.5, 0.6) is 0 Å². The molecule has 4 nitrogen and oxygen atoms in total. The van der Waals surface area contributed by atoms with Crippen LogP contribution in [0.1, 0.15) is 23.1 Å². The van der Waals surface area contributed by atoms with E-state index in [1.165, 1.54) is 0 Å². The molecule has 0 aliphatic rings. The highest BCUT2D eigenvalue weighted by atomic mass is 16.3. The van der Waals surface area contributed by atoms with E-state index in [-0.39, 0.29) is 0 Å². The first-order valence-electron chi connectivity index (χ1n) is 4.86. The molecule has 0 amide bonds. The Balaban J connectivity index is 2.14. The van der Waals surface area contributed by atoms with Crippen molar-refractivity contribution in [2.75, 3.05) is 0 Å². The quantitative estimate of drug-likeness (QED) is 0.829. The largest absolute Gasteiger partial charge is 0.472 e. The molecule has 0 aliphatic heterocycles. The Kier molecular flexibility index (Phi) is 2.60. The van der Waals surface area contributed by atoms with E-state index in [0.29, 0.717) is 6.42 Å². The van der Waals surface area contributed by atoms with Crippen molar-refractivity contribution in [2.24, 2.45) is 7.05 Å². The van der Waals surface area contributed by atoms with Crippen LogP contribution in [-0.4, -0.2) is 14.9 Å². The van der Waals surface area contributed by atoms with E-state index in [9.17, 15) is 5.11 Å². The maximum atomic E-state index is 9.98. The van der Waals surface area contributed by atoms with E-state index < -0.39 is 6.10 Å². The summed E-state index contributed by atoms with van der Waals surface area (Å²) in [5.74, 6) is 0. The Bertz CT molecular complexity index is 431. The average molecular weight is 206 g/mol. The fourth-order valence-corrected chi connectivity index (χ4v) is 1.68. The molecule has 0 saturated carbocycles. The zero-order valence-corrected chi connectivity index (χ0v) is 8.84. The van der Waals surface area contributed by atoms with Crippen molar-refractivity contribution in [2.45, 2.75) is 19.4 Å². The first-order chi connectivity index (χ1) is 7.16. The Morgan fingerprint density at radius 1 is 1.60 bits per heavy atom. The summed E-state index contributed by atoms with van der Waals surface area (Å²) in [4.78, 5) is 0. The van der Waals surface area contributed by atoms with Crippen molar-refractivity contribution < 1.29 is 9.52 Å². The fraction of sp³-hybridized carbons (Fsp3) is 0.364. The second-order valence-corrected chi connectivity index (χ2v) is 3.69. The third-order valence-electron chi connectivity index (χ3n) is 2.39. The van der Waals surface area contributed by atoms with Gasteiger partial charge >= 0.3 is 0 Å². The molecule has 0 bridgehead atoms. The van der Waals surface area contributed by atoms with Crippen molar-refractivity contribution in [3.05, 3.63) is 41.6 Å². The van der Waals surface area contributed by atoms with E-state index >= 15 is 0 Å². The zero-order chi connectivity index (χ0) is 10.8. The molecular formula is C11H14N2O2. The molecule has 2 aromatic heterocycles. The topological polar surface area (TPSA) is 51.2 Å². The van der Waals surface area contributed by atoms with Crippen molar-refractivity contribution in [1.82, 2.24) is 9.78 Å². The van der Waals surface area contributed by atoms with Gasteiger partial charge in [-0.15, -0.1) is 0 Å². The molecule has 1 N–H and O–H groups in total. The molecule has 0 saturated heterocycles. The second-order valence-electron chi connectivity index (χ2n) is 3.69. The van der Waals surface area contributed by atoms with Crippen molar-refractivity contribution >= 4 is 0 Å². The lowest BCUT2D eigenvalue weighted by Gasteiger charge is -2.08. The minimum absolute atomic E-state index is 0.534. The number of nitrogens with zero attached hydrogens (tertiary/aromatic N) is 2. The van der Waals surface area contributed by atoms with Crippen LogP contribution in [0.3, 0.4) is 0 Å². The van der Waals surface area contributed by atoms with Gasteiger partial charge in [0, 0.05) is 13.5 Å². The Morgan fingerprint density at radius 2 is 2.40 bits per heavy atom. The third-order valence-corrected chi connectivity index (χ3v) is 2.39. The molecule has 0 aromatic carbocycles. The molecule has 0 radical (unpaired) electrons. The summed E-state index contributed by atoms with van der Waals surface area (Å²) in [5, 5.41) is 14.2. The maximum absolute atomic E-state index is 9.98. The molecule has 1 atom stereocenters. The molecule has 1 unspecified atom stereocenters. The fourth-order valence-electron chi connectivity index (χ4n) is 1.68. The molecule has 0 fully saturated rings. The van der Waals surface area contributed by atoms with E-state index in [2.05, 4.69) is 5.10 Å². The van der Waals surface area contributed by atoms with Crippen LogP contribution in [0, 0.1) is 6.92 Å². The van der Waals surface area contributed by atoms with Crippen molar-refractivity contribution in [3.8, 4) is 0 Å². The summed E-state index contributed by atoms with van der Waals surface area (Å²) in [6.45, 7) is 1.91. The number of aliphatic hydroxyl groups excluding tert-OH is 1. The van der Waals surface area contributed by atoms with Crippen LogP contribution in [-0.2, 0) is 13.5 Å². The summed E-state index contributed by atoms with van der Waals surface area (Å²) in [7, 11) is 1.83. The van der Waals surface area contributed by atoms with Gasteiger partial charge in [-0.1, -0.05) is 0 Å². The first-order valence-corrected chi connectivity index (χ1v) is 4.86. The smallest absolute Gasteiger partial charge is 0.0997 e. The standard InChI is InChI=1S/C11H14N2O2/c1-8-5-10(13(2)12-8)11(14)6-9-3-4-15-7-9/h3-5,7,11,14H,6H2,1-2H3. The predicted molar refractivity (Wildman–Crippen MR) is 55.3 cm³/mol. The number of rotatable bonds is 3. The second kappa shape index (κ2) is 3.90. The molecule has 2 heterocycles. The van der Waals surface area contributed by atoms with Gasteiger partial charge in [-0.25, -0.2) is 0 Å². The lowest BCUT2D eigenvalue weighted by molar-refractivity contribution is 0.168. The Hall–Kier alpha value is -1.55. The van der Waals surface area contributed by atoms with Crippen LogP contribution in [0.15, 0.2) is 29.1 Å². The minimum atomic E-state index is -0.534. The summed E-state index contributed by atoms with van der Waals surface area (Å²) in [5.41, 5.74) is 2.73. The van der Waals surface area contributed by atoms with Crippen LogP contribution in [0.4, 0.5) is 0 Å². The molecular weight excluding hydrogens is 192 g/mol. The van der Waals surface area contributed by atoms with Crippen LogP contribution >= 0.6 is 0 Å². The zero-order valence-electron chi connectivity index (χ0n) is 8.84. The van der Waals surface area contributed by atoms with Crippen LogP contribution < -0.4 is 0 Å². The summed E-state index contributed by atoms with van der Waals surface area (Å²) in [6.07, 6.45) is 3.27. The third kappa shape index (κ3) is 2.10. The lowest BCUT2D eigenvalue weighted by Crippen LogP contribution is -2.07. The van der Waals surface area contributed by atoms with Crippen molar-refractivity contribution in [1.29, 1.82) is 0 Å². The van der Waals surface area contributed by atoms with Gasteiger partial charge in [0.25, 0.3) is 0 Å². The van der Waals surface area contributed by atoms with Gasteiger partial charge in [-0.3, -0.25) is 4.68 Å². The lowest BCUT2D eigenvalue weighted by atomic mass is 10.1. The molecule has 4 heteroatoms. The highest BCUT2D eigenvalue weighted by Crippen LogP contribution is 2.18. The summed E-state index contributed by atoms with van der Waals surface area (Å²) >= 11 is 0. The molecule has 0 aliphatic carbocycles. The van der Waals surface area contributed by atoms with Gasteiger partial charge in [-0.05, 0) is 24.6 Å². The monoisotopic (exact) mass is 206 g/mol. The first kappa shape index (κ1) is 9.98. The number of hydrogen-bond donors (Lipinski definition) is 1. The van der Waals surface area contributed by atoms with Gasteiger partial charge in [0.15, 0.2) is 0 Å². The van der Waals surface area contributed by atoms with E-state index in [1.54, 1.807) is 17.2 Å². The number of furan rings is 1. The highest BCUT2D eigenvalue weighted by molar-refractivity contribution is 5.15. The highest BCUT2D eigenvalue weighted by Gasteiger charge is 2.13. The predicted octanol–water partition coefficient (Wildman–Crippen LogP) is 1.60. The van der Waals surface area contributed by atoms with Gasteiger partial charge in [0.05, 0.1) is 30.0 Å². The number of aryl methyl sites for hydroxylation is 2. The molecule has 0 spiro atoms. The van der Waals surface area contributed by atoms with Crippen LogP contribution in [0.2, 0.25) is 0 Å². The van der Waals surface area contributed by atoms with Gasteiger partial charge in [-0.2, -0.15) is 5.10 Å². The van der Waals surface area contributed by atoms with Crippen LogP contribution in [0.25, 0.3) is 0 Å². The Morgan fingerprint density at radius 3 is 2.93 bits per heavy atom. The molecule has 80 valence electrons. The van der Waals surface area contributed by atoms with Gasteiger partial charge in [0.2, 0.25) is 0 Å². The van der Waals surface area contributed by atoms with E-state index in [1.807, 2.05) is 26.1 Å². The summed E-state index contributed by atoms with van der Waals surface area (Å²) < 4.78 is 6.66. The SMILES string of the molecule is Cc1cc(C(O)Cc2ccoc2)n(C)n1. The molecule has 2 rings (SSSR count).